The van der Waals surface area contributed by atoms with Gasteiger partial charge in [-0.2, -0.15) is 0 Å². The van der Waals surface area contributed by atoms with E-state index < -0.39 is 0 Å². The molecule has 0 bridgehead atoms. The van der Waals surface area contributed by atoms with E-state index in [1.807, 2.05) is 0 Å². The lowest BCUT2D eigenvalue weighted by Crippen LogP contribution is -2.35. The lowest BCUT2D eigenvalue weighted by atomic mass is 10.1. The molecule has 0 radical (unpaired) electrons. The van der Waals surface area contributed by atoms with Crippen LogP contribution in [-0.2, 0) is 6.54 Å². The topological polar surface area (TPSA) is 12.0 Å². The summed E-state index contributed by atoms with van der Waals surface area (Å²) in [4.78, 5) is 2.47. The highest BCUT2D eigenvalue weighted by atomic mass is 79.9. The summed E-state index contributed by atoms with van der Waals surface area (Å²) in [6.45, 7) is 7.42. The van der Waals surface area contributed by atoms with Gasteiger partial charge in [-0.25, -0.2) is 0 Å². The highest BCUT2D eigenvalue weighted by Gasteiger charge is 2.09. The van der Waals surface area contributed by atoms with Gasteiger partial charge in [-0.1, -0.05) is 33.8 Å². The first-order valence-corrected chi connectivity index (χ1v) is 9.21. The Balaban J connectivity index is 2.07. The molecule has 0 amide bonds. The van der Waals surface area contributed by atoms with Crippen molar-refractivity contribution >= 4 is 43.6 Å². The van der Waals surface area contributed by atoms with Crippen molar-refractivity contribution in [1.29, 1.82) is 0 Å². The molecule has 0 unspecified atom stereocenters. The molecule has 0 aliphatic rings. The predicted molar refractivity (Wildman–Crippen MR) is 99.0 cm³/mol. The van der Waals surface area contributed by atoms with Crippen LogP contribution < -0.4 is 5.32 Å². The fourth-order valence-electron chi connectivity index (χ4n) is 1.73. The molecule has 0 saturated carbocycles. The minimum Gasteiger partial charge on any atom is -0.308 e. The SMILES string of the molecule is CC(C)(C)NCc1ccc(Sc2ccc(Br)cc2)c(Br)c1. The van der Waals surface area contributed by atoms with E-state index in [9.17, 15) is 0 Å². The van der Waals surface area contributed by atoms with Crippen molar-refractivity contribution in [2.75, 3.05) is 0 Å². The van der Waals surface area contributed by atoms with E-state index in [0.717, 1.165) is 15.5 Å². The summed E-state index contributed by atoms with van der Waals surface area (Å²) >= 11 is 8.91. The van der Waals surface area contributed by atoms with Crippen molar-refractivity contribution in [1.82, 2.24) is 5.32 Å². The molecule has 0 aliphatic carbocycles. The normalized spacial score (nSPS) is 11.7. The maximum Gasteiger partial charge on any atom is 0.0318 e. The van der Waals surface area contributed by atoms with Crippen molar-refractivity contribution in [2.45, 2.75) is 42.6 Å². The summed E-state index contributed by atoms with van der Waals surface area (Å²) in [5, 5.41) is 3.51. The molecule has 0 saturated heterocycles. The monoisotopic (exact) mass is 427 g/mol. The van der Waals surface area contributed by atoms with Crippen molar-refractivity contribution < 1.29 is 0 Å². The van der Waals surface area contributed by atoms with Crippen LogP contribution in [0.1, 0.15) is 26.3 Å². The minimum absolute atomic E-state index is 0.136. The molecule has 4 heteroatoms. The largest absolute Gasteiger partial charge is 0.308 e. The Bertz CT molecular complexity index is 603. The third kappa shape index (κ3) is 5.78. The Kier molecular flexibility index (Phi) is 5.95. The quantitative estimate of drug-likeness (QED) is 0.617. The maximum atomic E-state index is 3.68. The molecule has 1 N–H and O–H groups in total. The van der Waals surface area contributed by atoms with Crippen LogP contribution in [0, 0.1) is 0 Å². The van der Waals surface area contributed by atoms with E-state index in [-0.39, 0.29) is 5.54 Å². The Morgan fingerprint density at radius 2 is 1.67 bits per heavy atom. The molecule has 0 aliphatic heterocycles. The van der Waals surface area contributed by atoms with Gasteiger partial charge in [0, 0.05) is 30.8 Å². The van der Waals surface area contributed by atoms with Crippen LogP contribution in [0.3, 0.4) is 0 Å². The number of hydrogen-bond donors (Lipinski definition) is 1. The van der Waals surface area contributed by atoms with Gasteiger partial charge in [0.25, 0.3) is 0 Å². The van der Waals surface area contributed by atoms with E-state index >= 15 is 0 Å². The maximum absolute atomic E-state index is 3.68. The standard InChI is InChI=1S/C17H19Br2NS/c1-17(2,3)20-11-12-4-9-16(15(19)10-12)21-14-7-5-13(18)6-8-14/h4-10,20H,11H2,1-3H3. The second-order valence-corrected chi connectivity index (χ2v) is 8.81. The molecule has 0 atom stereocenters. The van der Waals surface area contributed by atoms with Gasteiger partial charge < -0.3 is 5.32 Å². The Morgan fingerprint density at radius 3 is 2.24 bits per heavy atom. The summed E-state index contributed by atoms with van der Waals surface area (Å²) in [7, 11) is 0. The average molecular weight is 429 g/mol. The second kappa shape index (κ2) is 7.32. The molecule has 2 aromatic rings. The van der Waals surface area contributed by atoms with Gasteiger partial charge in [-0.05, 0) is 78.7 Å². The highest BCUT2D eigenvalue weighted by molar-refractivity contribution is 9.10. The number of nitrogens with one attached hydrogen (secondary N) is 1. The molecule has 0 aromatic heterocycles. The third-order valence-corrected chi connectivity index (χ3v) is 5.39. The zero-order chi connectivity index (χ0) is 15.5. The minimum atomic E-state index is 0.136. The van der Waals surface area contributed by atoms with E-state index in [4.69, 9.17) is 0 Å². The summed E-state index contributed by atoms with van der Waals surface area (Å²) in [6.07, 6.45) is 0. The molecular weight excluding hydrogens is 410 g/mol. The summed E-state index contributed by atoms with van der Waals surface area (Å²) in [5.41, 5.74) is 1.43. The highest BCUT2D eigenvalue weighted by Crippen LogP contribution is 2.34. The number of hydrogen-bond acceptors (Lipinski definition) is 2. The van der Waals surface area contributed by atoms with Gasteiger partial charge >= 0.3 is 0 Å². The lowest BCUT2D eigenvalue weighted by Gasteiger charge is -2.20. The van der Waals surface area contributed by atoms with Gasteiger partial charge in [0.15, 0.2) is 0 Å². The smallest absolute Gasteiger partial charge is 0.0318 e. The fourth-order valence-corrected chi connectivity index (χ4v) is 3.49. The van der Waals surface area contributed by atoms with Crippen LogP contribution in [0.15, 0.2) is 61.2 Å². The Hall–Kier alpha value is -0.290. The first-order chi connectivity index (χ1) is 9.83. The van der Waals surface area contributed by atoms with E-state index in [2.05, 4.69) is 100 Å². The summed E-state index contributed by atoms with van der Waals surface area (Å²) in [6, 6.07) is 14.9. The molecule has 1 nitrogen and oxygen atoms in total. The molecule has 21 heavy (non-hydrogen) atoms. The summed E-state index contributed by atoms with van der Waals surface area (Å²) < 4.78 is 2.25. The number of rotatable bonds is 4. The Morgan fingerprint density at radius 1 is 1.00 bits per heavy atom. The molecule has 2 aromatic carbocycles. The van der Waals surface area contributed by atoms with Gasteiger partial charge in [-0.3, -0.25) is 0 Å². The molecule has 0 spiro atoms. The lowest BCUT2D eigenvalue weighted by molar-refractivity contribution is 0.424. The van der Waals surface area contributed by atoms with Crippen molar-refractivity contribution in [3.05, 3.63) is 57.0 Å². The van der Waals surface area contributed by atoms with E-state index in [1.54, 1.807) is 11.8 Å². The third-order valence-electron chi connectivity index (χ3n) is 2.86. The van der Waals surface area contributed by atoms with E-state index in [1.165, 1.54) is 15.4 Å². The van der Waals surface area contributed by atoms with Crippen molar-refractivity contribution in [3.63, 3.8) is 0 Å². The van der Waals surface area contributed by atoms with Crippen molar-refractivity contribution in [3.8, 4) is 0 Å². The number of halogens is 2. The molecule has 112 valence electrons. The van der Waals surface area contributed by atoms with Gasteiger partial charge in [-0.15, -0.1) is 0 Å². The molecule has 0 heterocycles. The zero-order valence-electron chi connectivity index (χ0n) is 12.4. The zero-order valence-corrected chi connectivity index (χ0v) is 16.4. The van der Waals surface area contributed by atoms with Crippen LogP contribution >= 0.6 is 43.6 Å². The van der Waals surface area contributed by atoms with Crippen LogP contribution in [-0.4, -0.2) is 5.54 Å². The average Bonchev–Trinajstić information content (AvgIpc) is 2.41. The Labute approximate surface area is 148 Å². The molecule has 0 fully saturated rings. The first kappa shape index (κ1) is 17.1. The van der Waals surface area contributed by atoms with Gasteiger partial charge in [0.1, 0.15) is 0 Å². The van der Waals surface area contributed by atoms with Gasteiger partial charge in [0.05, 0.1) is 0 Å². The fraction of sp³-hybridized carbons (Fsp3) is 0.294. The number of benzene rings is 2. The van der Waals surface area contributed by atoms with Gasteiger partial charge in [0.2, 0.25) is 0 Å². The summed E-state index contributed by atoms with van der Waals surface area (Å²) in [5.74, 6) is 0. The first-order valence-electron chi connectivity index (χ1n) is 6.80. The predicted octanol–water partition coefficient (Wildman–Crippen LogP) is 6.25. The van der Waals surface area contributed by atoms with Crippen LogP contribution in [0.5, 0.6) is 0 Å². The second-order valence-electron chi connectivity index (χ2n) is 5.92. The van der Waals surface area contributed by atoms with Crippen LogP contribution in [0.4, 0.5) is 0 Å². The molecular formula is C17H19Br2NS. The van der Waals surface area contributed by atoms with E-state index in [0.29, 0.717) is 0 Å². The van der Waals surface area contributed by atoms with Crippen molar-refractivity contribution in [2.24, 2.45) is 0 Å². The van der Waals surface area contributed by atoms with Crippen LogP contribution in [0.25, 0.3) is 0 Å². The molecule has 2 rings (SSSR count). The van der Waals surface area contributed by atoms with Crippen LogP contribution in [0.2, 0.25) is 0 Å².